The minimum absolute atomic E-state index is 0.0722. The number of Topliss-reactive ketones (excluding diaryl/α,β-unsaturated/α-hetero) is 1. The van der Waals surface area contributed by atoms with Gasteiger partial charge in [0.2, 0.25) is 0 Å². The molecule has 0 spiro atoms. The van der Waals surface area contributed by atoms with Crippen LogP contribution >= 0.6 is 11.8 Å². The molecule has 7 rings (SSSR count). The number of aliphatic hydroxyl groups excluding tert-OH is 2. The van der Waals surface area contributed by atoms with Crippen molar-refractivity contribution in [3.05, 3.63) is 77.6 Å². The van der Waals surface area contributed by atoms with Crippen molar-refractivity contribution >= 4 is 34.1 Å². The van der Waals surface area contributed by atoms with Gasteiger partial charge in [-0.2, -0.15) is 0 Å². The van der Waals surface area contributed by atoms with Crippen LogP contribution in [0.3, 0.4) is 0 Å². The number of carbonyl (C=O) groups excluding carboxylic acids is 2. The third-order valence-electron chi connectivity index (χ3n) is 11.5. The topological polar surface area (TPSA) is 110 Å². The summed E-state index contributed by atoms with van der Waals surface area (Å²) in [5, 5.41) is 21.9. The largest absolute Gasteiger partial charge is 0.390 e. The highest BCUT2D eigenvalue weighted by Gasteiger charge is 2.79. The van der Waals surface area contributed by atoms with Gasteiger partial charge in [0.15, 0.2) is 29.1 Å². The summed E-state index contributed by atoms with van der Waals surface area (Å²) in [6, 6.07) is 14.9. The highest BCUT2D eigenvalue weighted by atomic mass is 32.2. The van der Waals surface area contributed by atoms with Gasteiger partial charge in [-0.3, -0.25) is 13.8 Å². The Morgan fingerprint density at radius 2 is 1.87 bits per heavy atom. The number of hydrogen-bond acceptors (Lipinski definition) is 8. The van der Waals surface area contributed by atoms with Crippen molar-refractivity contribution in [1.29, 1.82) is 0 Å². The van der Waals surface area contributed by atoms with Crippen LogP contribution in [0.1, 0.15) is 51.4 Å². The van der Waals surface area contributed by atoms with Crippen LogP contribution in [0.2, 0.25) is 0 Å². The molecule has 2 saturated carbocycles. The van der Waals surface area contributed by atoms with E-state index in [0.29, 0.717) is 5.56 Å². The normalized spacial score (nSPS) is 40.2. The number of aliphatic hydroxyl groups is 2. The summed E-state index contributed by atoms with van der Waals surface area (Å²) in [4.78, 5) is 28.5. The first-order valence-corrected chi connectivity index (χ1v) is 17.8. The Labute approximate surface area is 272 Å². The zero-order chi connectivity index (χ0) is 32.8. The van der Waals surface area contributed by atoms with Crippen molar-refractivity contribution in [2.75, 3.05) is 12.9 Å². The first-order chi connectivity index (χ1) is 21.8. The van der Waals surface area contributed by atoms with Gasteiger partial charge in [-0.05, 0) is 67.7 Å². The maximum atomic E-state index is 17.6. The number of halogens is 2. The Kier molecular flexibility index (Phi) is 7.66. The second-order valence-corrected chi connectivity index (χ2v) is 16.1. The summed E-state index contributed by atoms with van der Waals surface area (Å²) < 4.78 is 58.2. The molecule has 1 saturated heterocycles. The van der Waals surface area contributed by atoms with Gasteiger partial charge in [0.1, 0.15) is 12.4 Å². The molecular formula is C35H36F2O7S2. The lowest BCUT2D eigenvalue weighted by Gasteiger charge is -2.62. The monoisotopic (exact) mass is 670 g/mol. The van der Waals surface area contributed by atoms with Gasteiger partial charge in [-0.1, -0.05) is 43.0 Å². The van der Waals surface area contributed by atoms with E-state index in [1.54, 1.807) is 20.1 Å². The molecule has 2 aromatic carbocycles. The highest BCUT2D eigenvalue weighted by molar-refractivity contribution is 7.99. The standard InChI is InChI=1S/C35H36F2O7S2/c1-32-12-11-20(39)13-26(32)27(36)15-25-24-16-30-35(29(41)18-38,33(24,2)17-28(40)34(25,32)37)44-31(43-30)19-7-9-21(10-8-19)45-22-5-4-6-23(14-22)46(3)42/h4-12,14,24-25,28,30-31,38,40H,13,15-18H2,1-3H3/t24-,25-,28-,30+,31+,32-,33-,34-,35+,46?/m0/s1. The number of hydrogen-bond donors (Lipinski definition) is 2. The fourth-order valence-electron chi connectivity index (χ4n) is 9.23. The number of alkyl halides is 1. The minimum Gasteiger partial charge on any atom is -0.390 e. The van der Waals surface area contributed by atoms with Crippen LogP contribution in [0.15, 0.2) is 86.8 Å². The van der Waals surface area contributed by atoms with E-state index < -0.39 is 81.5 Å². The first kappa shape index (κ1) is 32.0. The lowest BCUT2D eigenvalue weighted by molar-refractivity contribution is -0.229. The van der Waals surface area contributed by atoms with E-state index in [1.165, 1.54) is 23.9 Å². The van der Waals surface area contributed by atoms with Crippen LogP contribution in [-0.4, -0.2) is 62.3 Å². The van der Waals surface area contributed by atoms with Crippen LogP contribution < -0.4 is 0 Å². The molecule has 5 aliphatic rings. The SMILES string of the molecule is CS(=O)c1cccc(Sc2ccc([C@@H]3O[C@@H]4C[C@H]5[C@@H]6CC(F)=C7CC(=O)C=C[C@]7(C)[C@@]6(F)[C@@H](O)C[C@]5(C)[C@]4(C(=O)CO)O3)cc2)c1. The van der Waals surface area contributed by atoms with Gasteiger partial charge in [0.25, 0.3) is 0 Å². The molecule has 7 nitrogen and oxygen atoms in total. The van der Waals surface area contributed by atoms with Crippen LogP contribution in [0.25, 0.3) is 0 Å². The van der Waals surface area contributed by atoms with Crippen LogP contribution in [0.4, 0.5) is 8.78 Å². The molecular weight excluding hydrogens is 635 g/mol. The molecule has 2 aromatic rings. The van der Waals surface area contributed by atoms with Crippen molar-refractivity contribution in [2.24, 2.45) is 22.7 Å². The Hall–Kier alpha value is -2.54. The maximum Gasteiger partial charge on any atom is 0.193 e. The molecule has 4 aliphatic carbocycles. The van der Waals surface area contributed by atoms with Crippen LogP contribution in [0, 0.1) is 22.7 Å². The molecule has 1 heterocycles. The van der Waals surface area contributed by atoms with Crippen LogP contribution in [-0.2, 0) is 29.9 Å². The van der Waals surface area contributed by atoms with E-state index >= 15 is 8.78 Å². The zero-order valence-corrected chi connectivity index (χ0v) is 27.3. The number of fused-ring (bicyclic) bond motifs is 7. The average molecular weight is 671 g/mol. The highest BCUT2D eigenvalue weighted by Crippen LogP contribution is 2.72. The number of rotatable bonds is 6. The summed E-state index contributed by atoms with van der Waals surface area (Å²) in [6.45, 7) is 2.46. The minimum atomic E-state index is -2.29. The van der Waals surface area contributed by atoms with E-state index in [-0.39, 0.29) is 37.0 Å². The zero-order valence-electron chi connectivity index (χ0n) is 25.7. The molecule has 1 aliphatic heterocycles. The maximum absolute atomic E-state index is 17.6. The molecule has 1 unspecified atom stereocenters. The third-order valence-corrected chi connectivity index (χ3v) is 13.4. The fourth-order valence-corrected chi connectivity index (χ4v) is 10.7. The number of allylic oxidation sites excluding steroid dienone is 4. The number of ether oxygens (including phenoxy) is 2. The first-order valence-electron chi connectivity index (χ1n) is 15.4. The predicted molar refractivity (Wildman–Crippen MR) is 167 cm³/mol. The molecule has 3 fully saturated rings. The molecule has 244 valence electrons. The average Bonchev–Trinajstić information content (AvgIpc) is 3.53. The van der Waals surface area contributed by atoms with E-state index in [9.17, 15) is 24.0 Å². The smallest absolute Gasteiger partial charge is 0.193 e. The predicted octanol–water partition coefficient (Wildman–Crippen LogP) is 5.57. The molecule has 0 aromatic heterocycles. The second kappa shape index (κ2) is 11.0. The van der Waals surface area contributed by atoms with E-state index in [2.05, 4.69) is 0 Å². The molecule has 0 radical (unpaired) electrons. The van der Waals surface area contributed by atoms with Crippen molar-refractivity contribution in [3.63, 3.8) is 0 Å². The van der Waals surface area contributed by atoms with Crippen molar-refractivity contribution < 1.29 is 42.3 Å². The number of carbonyl (C=O) groups is 2. The van der Waals surface area contributed by atoms with Gasteiger partial charge in [0.05, 0.1) is 12.2 Å². The lowest BCUT2D eigenvalue weighted by Crippen LogP contribution is -2.69. The van der Waals surface area contributed by atoms with Crippen molar-refractivity contribution in [3.8, 4) is 0 Å². The number of ketones is 2. The summed E-state index contributed by atoms with van der Waals surface area (Å²) >= 11 is 1.50. The summed E-state index contributed by atoms with van der Waals surface area (Å²) in [6.07, 6.45) is 0.318. The fraction of sp³-hybridized carbons (Fsp3) is 0.486. The summed E-state index contributed by atoms with van der Waals surface area (Å²) in [5.74, 6) is -3.13. The van der Waals surface area contributed by atoms with Crippen molar-refractivity contribution in [2.45, 2.75) is 84.0 Å². The van der Waals surface area contributed by atoms with Gasteiger partial charge >= 0.3 is 0 Å². The molecule has 11 heteroatoms. The number of benzene rings is 2. The van der Waals surface area contributed by atoms with E-state index in [4.69, 9.17) is 9.47 Å². The molecule has 2 N–H and O–H groups in total. The Morgan fingerprint density at radius 3 is 2.57 bits per heavy atom. The Balaban J connectivity index is 1.19. The van der Waals surface area contributed by atoms with Gasteiger partial charge in [-0.15, -0.1) is 0 Å². The van der Waals surface area contributed by atoms with Gasteiger partial charge < -0.3 is 19.7 Å². The van der Waals surface area contributed by atoms with E-state index in [1.807, 2.05) is 48.5 Å². The molecule has 0 bridgehead atoms. The Bertz CT molecular complexity index is 1710. The Morgan fingerprint density at radius 1 is 1.13 bits per heavy atom. The quantitative estimate of drug-likeness (QED) is 0.411. The molecule has 46 heavy (non-hydrogen) atoms. The van der Waals surface area contributed by atoms with Crippen LogP contribution in [0.5, 0.6) is 0 Å². The van der Waals surface area contributed by atoms with Gasteiger partial charge in [-0.25, -0.2) is 8.78 Å². The lowest BCUT2D eigenvalue weighted by atomic mass is 9.45. The molecule has 0 amide bonds. The van der Waals surface area contributed by atoms with Crippen molar-refractivity contribution in [1.82, 2.24) is 0 Å². The summed E-state index contributed by atoms with van der Waals surface area (Å²) in [7, 11) is -1.10. The summed E-state index contributed by atoms with van der Waals surface area (Å²) in [5.41, 5.74) is -5.98. The van der Waals surface area contributed by atoms with Gasteiger partial charge in [0, 0.05) is 66.9 Å². The second-order valence-electron chi connectivity index (χ2n) is 13.6. The third kappa shape index (κ3) is 4.31. The van der Waals surface area contributed by atoms with E-state index in [0.717, 1.165) is 14.7 Å². The molecule has 10 atom stereocenters.